The molecule has 0 saturated heterocycles. The SMILES string of the molecule is CCCCCCCc1ccc(C(=O)Nc2ccccc2NC(=O)Nc2ccccc2)cc1. The number of amides is 3. The molecule has 5 nitrogen and oxygen atoms in total. The quantitative estimate of drug-likeness (QED) is 0.301. The van der Waals surface area contributed by atoms with Gasteiger partial charge in [0.05, 0.1) is 11.4 Å². The predicted molar refractivity (Wildman–Crippen MR) is 132 cm³/mol. The average Bonchev–Trinajstić information content (AvgIpc) is 2.81. The maximum absolute atomic E-state index is 12.7. The van der Waals surface area contributed by atoms with Crippen molar-refractivity contribution in [2.45, 2.75) is 45.4 Å². The number of hydrogen-bond donors (Lipinski definition) is 3. The fraction of sp³-hybridized carbons (Fsp3) is 0.259. The second-order valence-electron chi connectivity index (χ2n) is 7.81. The van der Waals surface area contributed by atoms with E-state index >= 15 is 0 Å². The normalized spacial score (nSPS) is 10.4. The minimum Gasteiger partial charge on any atom is -0.320 e. The number of benzene rings is 3. The Morgan fingerprint density at radius 1 is 0.656 bits per heavy atom. The summed E-state index contributed by atoms with van der Waals surface area (Å²) in [5.74, 6) is -0.211. The Morgan fingerprint density at radius 2 is 1.28 bits per heavy atom. The summed E-state index contributed by atoms with van der Waals surface area (Å²) in [7, 11) is 0. The molecule has 0 fully saturated rings. The van der Waals surface area contributed by atoms with E-state index in [0.717, 1.165) is 6.42 Å². The number of rotatable bonds is 10. The minimum absolute atomic E-state index is 0.211. The second-order valence-corrected chi connectivity index (χ2v) is 7.81. The number of aryl methyl sites for hydroxylation is 1. The van der Waals surface area contributed by atoms with Crippen LogP contribution in [0.25, 0.3) is 0 Å². The van der Waals surface area contributed by atoms with E-state index in [4.69, 9.17) is 0 Å². The third-order valence-corrected chi connectivity index (χ3v) is 5.24. The number of carbonyl (C=O) groups excluding carboxylic acids is 2. The van der Waals surface area contributed by atoms with Crippen molar-refractivity contribution in [2.75, 3.05) is 16.0 Å². The van der Waals surface area contributed by atoms with Crippen LogP contribution >= 0.6 is 0 Å². The molecule has 5 heteroatoms. The fourth-order valence-corrected chi connectivity index (χ4v) is 3.46. The smallest absolute Gasteiger partial charge is 0.320 e. The van der Waals surface area contributed by atoms with Crippen LogP contribution in [-0.2, 0) is 6.42 Å². The zero-order valence-corrected chi connectivity index (χ0v) is 18.6. The van der Waals surface area contributed by atoms with Crippen LogP contribution in [0.1, 0.15) is 54.9 Å². The molecule has 0 aliphatic carbocycles. The largest absolute Gasteiger partial charge is 0.323 e. The van der Waals surface area contributed by atoms with Crippen molar-refractivity contribution in [1.29, 1.82) is 0 Å². The molecule has 0 bridgehead atoms. The fourth-order valence-electron chi connectivity index (χ4n) is 3.46. The Labute approximate surface area is 190 Å². The van der Waals surface area contributed by atoms with Gasteiger partial charge in [-0.25, -0.2) is 4.79 Å². The Morgan fingerprint density at radius 3 is 1.97 bits per heavy atom. The lowest BCUT2D eigenvalue weighted by molar-refractivity contribution is 0.102. The van der Waals surface area contributed by atoms with Gasteiger partial charge in [-0.2, -0.15) is 0 Å². The highest BCUT2D eigenvalue weighted by Gasteiger charge is 2.11. The van der Waals surface area contributed by atoms with Gasteiger partial charge in [0.25, 0.3) is 5.91 Å². The van der Waals surface area contributed by atoms with Crippen LogP contribution in [0.15, 0.2) is 78.9 Å². The summed E-state index contributed by atoms with van der Waals surface area (Å²) in [6, 6.07) is 23.7. The summed E-state index contributed by atoms with van der Waals surface area (Å²) < 4.78 is 0. The summed E-state index contributed by atoms with van der Waals surface area (Å²) in [5.41, 5.74) is 3.59. The van der Waals surface area contributed by atoms with Crippen LogP contribution in [-0.4, -0.2) is 11.9 Å². The molecule has 0 aliphatic rings. The zero-order valence-electron chi connectivity index (χ0n) is 18.6. The van der Waals surface area contributed by atoms with E-state index in [0.29, 0.717) is 22.6 Å². The summed E-state index contributed by atoms with van der Waals surface area (Å²) in [5, 5.41) is 8.47. The molecule has 3 aromatic carbocycles. The van der Waals surface area contributed by atoms with Crippen molar-refractivity contribution >= 4 is 29.0 Å². The molecule has 0 spiro atoms. The standard InChI is InChI=1S/C27H31N3O2/c1-2-3-4-5-7-12-21-17-19-22(20-18-21)26(31)29-24-15-10-11-16-25(24)30-27(32)28-23-13-8-6-9-14-23/h6,8-11,13-20H,2-5,7,12H2,1H3,(H,29,31)(H2,28,30,32). The molecule has 0 aromatic heterocycles. The summed E-state index contributed by atoms with van der Waals surface area (Å²) >= 11 is 0. The van der Waals surface area contributed by atoms with E-state index in [-0.39, 0.29) is 11.9 Å². The first kappa shape index (κ1) is 23.1. The summed E-state index contributed by atoms with van der Waals surface area (Å²) in [6.07, 6.45) is 7.29. The first-order chi connectivity index (χ1) is 15.7. The molecule has 0 saturated carbocycles. The molecule has 0 heterocycles. The topological polar surface area (TPSA) is 70.2 Å². The van der Waals surface area contributed by atoms with E-state index in [1.54, 1.807) is 12.1 Å². The Balaban J connectivity index is 1.56. The van der Waals surface area contributed by atoms with Crippen LogP contribution in [0.4, 0.5) is 21.9 Å². The Hall–Kier alpha value is -3.60. The van der Waals surface area contributed by atoms with Gasteiger partial charge in [0.1, 0.15) is 0 Å². The van der Waals surface area contributed by atoms with Crippen LogP contribution in [0.3, 0.4) is 0 Å². The molecule has 32 heavy (non-hydrogen) atoms. The van der Waals surface area contributed by atoms with Gasteiger partial charge in [-0.15, -0.1) is 0 Å². The van der Waals surface area contributed by atoms with Crippen molar-refractivity contribution in [3.63, 3.8) is 0 Å². The first-order valence-electron chi connectivity index (χ1n) is 11.3. The van der Waals surface area contributed by atoms with Gasteiger partial charge in [-0.3, -0.25) is 4.79 Å². The first-order valence-corrected chi connectivity index (χ1v) is 11.3. The molecule has 3 rings (SSSR count). The number of nitrogens with one attached hydrogen (secondary N) is 3. The van der Waals surface area contributed by atoms with Gasteiger partial charge < -0.3 is 16.0 Å². The van der Waals surface area contributed by atoms with Gasteiger partial charge in [-0.05, 0) is 54.8 Å². The van der Waals surface area contributed by atoms with E-state index in [9.17, 15) is 9.59 Å². The van der Waals surface area contributed by atoms with E-state index < -0.39 is 0 Å². The van der Waals surface area contributed by atoms with Gasteiger partial charge in [0.15, 0.2) is 0 Å². The van der Waals surface area contributed by atoms with Crippen molar-refractivity contribution in [3.05, 3.63) is 90.0 Å². The number of urea groups is 1. The molecule has 3 aromatic rings. The van der Waals surface area contributed by atoms with Gasteiger partial charge in [-0.1, -0.05) is 75.1 Å². The summed E-state index contributed by atoms with van der Waals surface area (Å²) in [4.78, 5) is 25.1. The van der Waals surface area contributed by atoms with Crippen LogP contribution in [0.5, 0.6) is 0 Å². The monoisotopic (exact) mass is 429 g/mol. The third kappa shape index (κ3) is 7.27. The van der Waals surface area contributed by atoms with E-state index in [1.807, 2.05) is 66.7 Å². The molecular weight excluding hydrogens is 398 g/mol. The van der Waals surface area contributed by atoms with Gasteiger partial charge in [0, 0.05) is 11.3 Å². The lowest BCUT2D eigenvalue weighted by atomic mass is 10.0. The van der Waals surface area contributed by atoms with Crippen molar-refractivity contribution in [1.82, 2.24) is 0 Å². The van der Waals surface area contributed by atoms with Gasteiger partial charge in [0.2, 0.25) is 0 Å². The zero-order chi connectivity index (χ0) is 22.6. The molecular formula is C27H31N3O2. The molecule has 0 aliphatic heterocycles. The average molecular weight is 430 g/mol. The predicted octanol–water partition coefficient (Wildman–Crippen LogP) is 7.10. The second kappa shape index (κ2) is 12.3. The highest BCUT2D eigenvalue weighted by Crippen LogP contribution is 2.22. The van der Waals surface area contributed by atoms with Crippen molar-refractivity contribution < 1.29 is 9.59 Å². The highest BCUT2D eigenvalue weighted by atomic mass is 16.2. The van der Waals surface area contributed by atoms with Crippen molar-refractivity contribution in [2.24, 2.45) is 0 Å². The number of carbonyl (C=O) groups is 2. The maximum Gasteiger partial charge on any atom is 0.323 e. The molecule has 3 N–H and O–H groups in total. The van der Waals surface area contributed by atoms with Crippen molar-refractivity contribution in [3.8, 4) is 0 Å². The lowest BCUT2D eigenvalue weighted by Gasteiger charge is -2.13. The lowest BCUT2D eigenvalue weighted by Crippen LogP contribution is -2.21. The number of anilines is 3. The number of unbranched alkanes of at least 4 members (excludes halogenated alkanes) is 4. The molecule has 3 amide bonds. The van der Waals surface area contributed by atoms with Crippen LogP contribution in [0, 0.1) is 0 Å². The maximum atomic E-state index is 12.7. The summed E-state index contributed by atoms with van der Waals surface area (Å²) in [6.45, 7) is 2.22. The highest BCUT2D eigenvalue weighted by molar-refractivity contribution is 6.08. The number of hydrogen-bond acceptors (Lipinski definition) is 2. The molecule has 0 atom stereocenters. The van der Waals surface area contributed by atoms with E-state index in [1.165, 1.54) is 37.7 Å². The number of para-hydroxylation sites is 3. The third-order valence-electron chi connectivity index (χ3n) is 5.24. The van der Waals surface area contributed by atoms with Crippen LogP contribution in [0.2, 0.25) is 0 Å². The van der Waals surface area contributed by atoms with E-state index in [2.05, 4.69) is 22.9 Å². The molecule has 166 valence electrons. The Kier molecular flexibility index (Phi) is 8.87. The van der Waals surface area contributed by atoms with Crippen LogP contribution < -0.4 is 16.0 Å². The molecule has 0 radical (unpaired) electrons. The minimum atomic E-state index is -0.374. The molecule has 0 unspecified atom stereocenters. The Bertz CT molecular complexity index is 1000. The van der Waals surface area contributed by atoms with Gasteiger partial charge >= 0.3 is 6.03 Å².